The van der Waals surface area contributed by atoms with E-state index in [4.69, 9.17) is 5.73 Å². The highest BCUT2D eigenvalue weighted by atomic mass is 79.9. The third kappa shape index (κ3) is 3.56. The summed E-state index contributed by atoms with van der Waals surface area (Å²) in [5, 5.41) is 2.07. The van der Waals surface area contributed by atoms with E-state index >= 15 is 0 Å². The lowest BCUT2D eigenvalue weighted by Gasteiger charge is -2.32. The maximum atomic E-state index is 12.0. The van der Waals surface area contributed by atoms with E-state index in [9.17, 15) is 4.79 Å². The van der Waals surface area contributed by atoms with Gasteiger partial charge in [0.25, 0.3) is 0 Å². The Labute approximate surface area is 126 Å². The third-order valence-corrected chi connectivity index (χ3v) is 5.24. The van der Waals surface area contributed by atoms with Gasteiger partial charge in [0, 0.05) is 40.9 Å². The van der Waals surface area contributed by atoms with E-state index in [2.05, 4.69) is 32.3 Å². The summed E-state index contributed by atoms with van der Waals surface area (Å²) in [5.41, 5.74) is 6.16. The highest BCUT2D eigenvalue weighted by molar-refractivity contribution is 9.10. The van der Waals surface area contributed by atoms with Gasteiger partial charge < -0.3 is 10.6 Å². The van der Waals surface area contributed by atoms with Crippen molar-refractivity contribution in [1.82, 2.24) is 9.80 Å². The lowest BCUT2D eigenvalue weighted by molar-refractivity contribution is -0.130. The summed E-state index contributed by atoms with van der Waals surface area (Å²) in [7, 11) is 1.87. The molecule has 106 valence electrons. The molecular formula is C13H20BrN3OS. The normalized spacial score (nSPS) is 21.3. The molecule has 0 aromatic carbocycles. The molecule has 2 unspecified atom stereocenters. The average Bonchev–Trinajstić information content (AvgIpc) is 2.67. The molecule has 1 aliphatic heterocycles. The number of carbonyl (C=O) groups is 1. The first-order valence-electron chi connectivity index (χ1n) is 6.46. The summed E-state index contributed by atoms with van der Waals surface area (Å²) in [6.45, 7) is 4.21. The van der Waals surface area contributed by atoms with Crippen LogP contribution < -0.4 is 5.73 Å². The van der Waals surface area contributed by atoms with E-state index in [0.29, 0.717) is 6.54 Å². The van der Waals surface area contributed by atoms with Crippen molar-refractivity contribution in [3.8, 4) is 0 Å². The first-order chi connectivity index (χ1) is 8.99. The van der Waals surface area contributed by atoms with Crippen molar-refractivity contribution < 1.29 is 4.79 Å². The van der Waals surface area contributed by atoms with E-state index in [1.54, 1.807) is 11.3 Å². The molecule has 1 saturated heterocycles. The molecule has 2 rings (SSSR count). The zero-order valence-electron chi connectivity index (χ0n) is 11.3. The molecule has 1 aromatic heterocycles. The number of hydrogen-bond donors (Lipinski definition) is 1. The minimum Gasteiger partial charge on any atom is -0.345 e. The number of carbonyl (C=O) groups excluding carboxylic acids is 1. The number of nitrogens with zero attached hydrogens (tertiary/aromatic N) is 2. The molecular weight excluding hydrogens is 326 g/mol. The predicted molar refractivity (Wildman–Crippen MR) is 82.2 cm³/mol. The number of likely N-dealkylation sites (N-methyl/N-ethyl adjacent to an activating group) is 1. The van der Waals surface area contributed by atoms with Crippen molar-refractivity contribution in [2.45, 2.75) is 25.4 Å². The van der Waals surface area contributed by atoms with E-state index in [1.807, 2.05) is 18.9 Å². The summed E-state index contributed by atoms with van der Waals surface area (Å²) < 4.78 is 1.08. The van der Waals surface area contributed by atoms with Crippen LogP contribution in [-0.4, -0.2) is 48.4 Å². The SMILES string of the molecule is CC(N)C(c1cc(Br)cs1)N1CCCN(C)C(=O)C1. The average molecular weight is 346 g/mol. The summed E-state index contributed by atoms with van der Waals surface area (Å²) in [4.78, 5) is 17.3. The molecule has 1 aromatic rings. The topological polar surface area (TPSA) is 49.6 Å². The number of nitrogens with two attached hydrogens (primary N) is 1. The fourth-order valence-corrected chi connectivity index (χ4v) is 4.19. The minimum absolute atomic E-state index is 0.00163. The van der Waals surface area contributed by atoms with Gasteiger partial charge >= 0.3 is 0 Å². The molecule has 6 heteroatoms. The van der Waals surface area contributed by atoms with Gasteiger partial charge in [0.2, 0.25) is 5.91 Å². The second-order valence-electron chi connectivity index (χ2n) is 5.11. The summed E-state index contributed by atoms with van der Waals surface area (Å²) in [6.07, 6.45) is 0.998. The highest BCUT2D eigenvalue weighted by Crippen LogP contribution is 2.32. The molecule has 4 nitrogen and oxygen atoms in total. The molecule has 0 bridgehead atoms. The van der Waals surface area contributed by atoms with Crippen LogP contribution in [0.25, 0.3) is 0 Å². The quantitative estimate of drug-likeness (QED) is 0.912. The minimum atomic E-state index is 0.00163. The molecule has 0 radical (unpaired) electrons. The van der Waals surface area contributed by atoms with Crippen LogP contribution >= 0.6 is 27.3 Å². The van der Waals surface area contributed by atoms with Crippen LogP contribution in [0.2, 0.25) is 0 Å². The Kier molecular flexibility index (Phi) is 5.00. The second-order valence-corrected chi connectivity index (χ2v) is 6.97. The Hall–Kier alpha value is -0.430. The molecule has 1 aliphatic rings. The van der Waals surface area contributed by atoms with E-state index in [0.717, 1.165) is 24.0 Å². The van der Waals surface area contributed by atoms with Crippen molar-refractivity contribution in [3.05, 3.63) is 20.8 Å². The Morgan fingerprint density at radius 2 is 2.21 bits per heavy atom. The molecule has 2 heterocycles. The van der Waals surface area contributed by atoms with Crippen LogP contribution in [0.3, 0.4) is 0 Å². The number of rotatable bonds is 3. The van der Waals surface area contributed by atoms with E-state index in [-0.39, 0.29) is 18.0 Å². The maximum Gasteiger partial charge on any atom is 0.236 e. The third-order valence-electron chi connectivity index (χ3n) is 3.47. The number of amides is 1. The predicted octanol–water partition coefficient (Wildman–Crippen LogP) is 2.06. The van der Waals surface area contributed by atoms with Crippen LogP contribution in [0.15, 0.2) is 15.9 Å². The van der Waals surface area contributed by atoms with Gasteiger partial charge in [0.15, 0.2) is 0 Å². The molecule has 19 heavy (non-hydrogen) atoms. The number of hydrogen-bond acceptors (Lipinski definition) is 4. The van der Waals surface area contributed by atoms with Crippen LogP contribution in [0.1, 0.15) is 24.3 Å². The molecule has 1 fully saturated rings. The van der Waals surface area contributed by atoms with Gasteiger partial charge in [-0.1, -0.05) is 0 Å². The number of thiophene rings is 1. The van der Waals surface area contributed by atoms with Crippen molar-refractivity contribution in [2.24, 2.45) is 5.73 Å². The fourth-order valence-electron chi connectivity index (χ4n) is 2.50. The van der Waals surface area contributed by atoms with Crippen LogP contribution in [0.4, 0.5) is 0 Å². The van der Waals surface area contributed by atoms with Crippen molar-refractivity contribution in [2.75, 3.05) is 26.7 Å². The van der Waals surface area contributed by atoms with Gasteiger partial charge in [-0.25, -0.2) is 0 Å². The molecule has 2 atom stereocenters. The van der Waals surface area contributed by atoms with Gasteiger partial charge in [-0.05, 0) is 35.3 Å². The lowest BCUT2D eigenvalue weighted by Crippen LogP contribution is -2.42. The van der Waals surface area contributed by atoms with Gasteiger partial charge in [0.05, 0.1) is 12.6 Å². The molecule has 0 aliphatic carbocycles. The number of halogens is 1. The monoisotopic (exact) mass is 345 g/mol. The molecule has 0 saturated carbocycles. The maximum absolute atomic E-state index is 12.0. The first kappa shape index (κ1) is 15.0. The Balaban J connectivity index is 2.21. The van der Waals surface area contributed by atoms with E-state index < -0.39 is 0 Å². The zero-order chi connectivity index (χ0) is 14.0. The largest absolute Gasteiger partial charge is 0.345 e. The standard InChI is InChI=1S/C13H20BrN3OS/c1-9(15)13(11-6-10(14)8-19-11)17-5-3-4-16(2)12(18)7-17/h6,8-9,13H,3-5,7,15H2,1-2H3. The molecule has 1 amide bonds. The van der Waals surface area contributed by atoms with Gasteiger partial charge in [-0.2, -0.15) is 0 Å². The summed E-state index contributed by atoms with van der Waals surface area (Å²) in [6, 6.07) is 2.23. The Morgan fingerprint density at radius 3 is 2.79 bits per heavy atom. The van der Waals surface area contributed by atoms with Gasteiger partial charge in [0.1, 0.15) is 0 Å². The molecule has 0 spiro atoms. The molecule has 2 N–H and O–H groups in total. The first-order valence-corrected chi connectivity index (χ1v) is 8.14. The fraction of sp³-hybridized carbons (Fsp3) is 0.615. The zero-order valence-corrected chi connectivity index (χ0v) is 13.7. The van der Waals surface area contributed by atoms with Crippen molar-refractivity contribution in [1.29, 1.82) is 0 Å². The second kappa shape index (κ2) is 6.35. The summed E-state index contributed by atoms with van der Waals surface area (Å²) in [5.74, 6) is 0.179. The Morgan fingerprint density at radius 1 is 1.47 bits per heavy atom. The van der Waals surface area contributed by atoms with E-state index in [1.165, 1.54) is 4.88 Å². The highest BCUT2D eigenvalue weighted by Gasteiger charge is 2.29. The van der Waals surface area contributed by atoms with Gasteiger partial charge in [-0.3, -0.25) is 9.69 Å². The Bertz CT molecular complexity index is 449. The lowest BCUT2D eigenvalue weighted by atomic mass is 10.1. The van der Waals surface area contributed by atoms with Crippen molar-refractivity contribution in [3.63, 3.8) is 0 Å². The van der Waals surface area contributed by atoms with Crippen molar-refractivity contribution >= 4 is 33.2 Å². The van der Waals surface area contributed by atoms with Crippen LogP contribution in [-0.2, 0) is 4.79 Å². The summed E-state index contributed by atoms with van der Waals surface area (Å²) >= 11 is 5.18. The van der Waals surface area contributed by atoms with Crippen LogP contribution in [0.5, 0.6) is 0 Å². The van der Waals surface area contributed by atoms with Crippen LogP contribution in [0, 0.1) is 0 Å². The smallest absolute Gasteiger partial charge is 0.236 e. The van der Waals surface area contributed by atoms with Gasteiger partial charge in [-0.15, -0.1) is 11.3 Å².